The van der Waals surface area contributed by atoms with Crippen molar-refractivity contribution in [2.45, 2.75) is 6.92 Å². The van der Waals surface area contributed by atoms with Crippen LogP contribution in [0.1, 0.15) is 16.1 Å². The average molecular weight is 378 g/mol. The molecule has 0 saturated carbocycles. The van der Waals surface area contributed by atoms with Gasteiger partial charge in [0.05, 0.1) is 16.3 Å². The average Bonchev–Trinajstić information content (AvgIpc) is 3.06. The zero-order chi connectivity index (χ0) is 20.1. The lowest BCUT2D eigenvalue weighted by Crippen LogP contribution is -2.15. The fourth-order valence-electron chi connectivity index (χ4n) is 2.55. The second kappa shape index (κ2) is 8.17. The molecule has 0 aliphatic carbocycles. The van der Waals surface area contributed by atoms with Crippen LogP contribution >= 0.6 is 0 Å². The fourth-order valence-corrected chi connectivity index (χ4v) is 2.55. The van der Waals surface area contributed by atoms with E-state index in [0.29, 0.717) is 35.1 Å². The van der Waals surface area contributed by atoms with Crippen molar-refractivity contribution in [1.29, 1.82) is 0 Å². The van der Waals surface area contributed by atoms with Crippen LogP contribution in [0.3, 0.4) is 0 Å². The lowest BCUT2D eigenvalue weighted by atomic mass is 10.2. The molecule has 0 radical (unpaired) electrons. The largest absolute Gasteiger partial charge is 0.490 e. The van der Waals surface area contributed by atoms with E-state index in [0.717, 1.165) is 0 Å². The Balaban J connectivity index is 1.80. The van der Waals surface area contributed by atoms with Gasteiger partial charge in [-0.2, -0.15) is 5.10 Å². The molecule has 2 aromatic carbocycles. The molecule has 0 fully saturated rings. The van der Waals surface area contributed by atoms with Gasteiger partial charge >= 0.3 is 0 Å². The van der Waals surface area contributed by atoms with Crippen LogP contribution in [0.25, 0.3) is 5.69 Å². The molecule has 28 heavy (non-hydrogen) atoms. The summed E-state index contributed by atoms with van der Waals surface area (Å²) in [6.45, 7) is 5.77. The first kappa shape index (κ1) is 18.8. The minimum absolute atomic E-state index is 0.0167. The number of amides is 1. The number of carbonyl (C=O) groups excluding carboxylic acids is 1. The number of aromatic nitrogens is 2. The number of carbonyl (C=O) groups is 1. The van der Waals surface area contributed by atoms with Gasteiger partial charge in [0.15, 0.2) is 0 Å². The summed E-state index contributed by atoms with van der Waals surface area (Å²) < 4.78 is 6.93. The number of rotatable bonds is 7. The molecule has 0 unspecified atom stereocenters. The highest BCUT2D eigenvalue weighted by atomic mass is 16.6. The molecule has 8 heteroatoms. The van der Waals surface area contributed by atoms with Crippen molar-refractivity contribution in [3.05, 3.63) is 88.6 Å². The minimum atomic E-state index is -0.469. The molecular formula is C20H18N4O4. The zero-order valence-electron chi connectivity index (χ0n) is 15.2. The smallest absolute Gasteiger partial charge is 0.269 e. The van der Waals surface area contributed by atoms with Gasteiger partial charge in [0.2, 0.25) is 0 Å². The predicted molar refractivity (Wildman–Crippen MR) is 105 cm³/mol. The van der Waals surface area contributed by atoms with Gasteiger partial charge in [-0.25, -0.2) is 4.68 Å². The summed E-state index contributed by atoms with van der Waals surface area (Å²) >= 11 is 0. The van der Waals surface area contributed by atoms with Crippen molar-refractivity contribution in [2.75, 3.05) is 11.9 Å². The number of hydrogen-bond acceptors (Lipinski definition) is 5. The quantitative estimate of drug-likeness (QED) is 0.382. The van der Waals surface area contributed by atoms with E-state index in [1.165, 1.54) is 16.8 Å². The molecule has 3 rings (SSSR count). The van der Waals surface area contributed by atoms with E-state index in [4.69, 9.17) is 4.74 Å². The van der Waals surface area contributed by atoms with Gasteiger partial charge in [-0.15, -0.1) is 0 Å². The predicted octanol–water partition coefficient (Wildman–Crippen LogP) is 3.91. The first-order valence-electron chi connectivity index (χ1n) is 8.44. The molecule has 1 heterocycles. The lowest BCUT2D eigenvalue weighted by molar-refractivity contribution is -0.384. The van der Waals surface area contributed by atoms with Gasteiger partial charge in [0.1, 0.15) is 18.2 Å². The van der Waals surface area contributed by atoms with Gasteiger partial charge < -0.3 is 10.1 Å². The van der Waals surface area contributed by atoms with Crippen molar-refractivity contribution >= 4 is 17.4 Å². The van der Waals surface area contributed by atoms with Gasteiger partial charge in [-0.1, -0.05) is 12.7 Å². The van der Waals surface area contributed by atoms with E-state index >= 15 is 0 Å². The minimum Gasteiger partial charge on any atom is -0.490 e. The van der Waals surface area contributed by atoms with E-state index in [-0.39, 0.29) is 11.6 Å². The number of nitrogens with zero attached hydrogens (tertiary/aromatic N) is 3. The highest BCUT2D eigenvalue weighted by molar-refractivity contribution is 6.04. The first-order valence-corrected chi connectivity index (χ1v) is 8.44. The third-order valence-electron chi connectivity index (χ3n) is 3.86. The topological polar surface area (TPSA) is 99.3 Å². The number of aryl methyl sites for hydroxylation is 1. The van der Waals surface area contributed by atoms with Crippen LogP contribution in [0.5, 0.6) is 5.75 Å². The Hall–Kier alpha value is -3.94. The standard InChI is InChI=1S/C20H18N4O4/c1-3-12-28-18-10-4-15(5-11-18)20(25)21-19-13-14(2)22-23(19)16-6-8-17(9-7-16)24(26)27/h3-11,13H,1,12H2,2H3,(H,21,25). The Morgan fingerprint density at radius 2 is 1.93 bits per heavy atom. The number of non-ortho nitro benzene ring substituents is 1. The van der Waals surface area contributed by atoms with Crippen LogP contribution in [0.15, 0.2) is 67.3 Å². The van der Waals surface area contributed by atoms with Gasteiger partial charge in [-0.05, 0) is 43.3 Å². The number of nitro groups is 1. The number of benzene rings is 2. The van der Waals surface area contributed by atoms with Crippen molar-refractivity contribution in [1.82, 2.24) is 9.78 Å². The zero-order valence-corrected chi connectivity index (χ0v) is 15.2. The lowest BCUT2D eigenvalue weighted by Gasteiger charge is -2.09. The van der Waals surface area contributed by atoms with Crippen LogP contribution in [-0.2, 0) is 0 Å². The molecule has 0 spiro atoms. The Bertz CT molecular complexity index is 1010. The third-order valence-corrected chi connectivity index (χ3v) is 3.86. The van der Waals surface area contributed by atoms with E-state index in [1.54, 1.807) is 55.5 Å². The Morgan fingerprint density at radius 3 is 2.54 bits per heavy atom. The number of nitro benzene ring substituents is 1. The molecule has 0 atom stereocenters. The molecule has 0 aliphatic heterocycles. The summed E-state index contributed by atoms with van der Waals surface area (Å²) in [5.74, 6) is 0.796. The van der Waals surface area contributed by atoms with E-state index in [9.17, 15) is 14.9 Å². The molecule has 142 valence electrons. The van der Waals surface area contributed by atoms with E-state index in [1.807, 2.05) is 0 Å². The molecule has 3 aromatic rings. The van der Waals surface area contributed by atoms with Crippen LogP contribution in [0.4, 0.5) is 11.5 Å². The maximum absolute atomic E-state index is 12.6. The Kier molecular flexibility index (Phi) is 5.50. The van der Waals surface area contributed by atoms with E-state index in [2.05, 4.69) is 17.0 Å². The van der Waals surface area contributed by atoms with Gasteiger partial charge in [0.25, 0.3) is 11.6 Å². The maximum Gasteiger partial charge on any atom is 0.269 e. The number of ether oxygens (including phenoxy) is 1. The molecule has 0 aliphatic rings. The molecule has 1 N–H and O–H groups in total. The summed E-state index contributed by atoms with van der Waals surface area (Å²) in [5.41, 5.74) is 1.74. The maximum atomic E-state index is 12.6. The van der Waals surface area contributed by atoms with E-state index < -0.39 is 4.92 Å². The Labute approximate surface area is 161 Å². The van der Waals surface area contributed by atoms with Crippen LogP contribution in [-0.4, -0.2) is 27.2 Å². The third kappa shape index (κ3) is 4.24. The first-order chi connectivity index (χ1) is 13.5. The molecule has 0 saturated heterocycles. The molecular weight excluding hydrogens is 360 g/mol. The SMILES string of the molecule is C=CCOc1ccc(C(=O)Nc2cc(C)nn2-c2ccc([N+](=O)[O-])cc2)cc1. The Morgan fingerprint density at radius 1 is 1.25 bits per heavy atom. The van der Waals surface area contributed by atoms with Gasteiger partial charge in [0, 0.05) is 23.8 Å². The second-order valence-corrected chi connectivity index (χ2v) is 5.93. The van der Waals surface area contributed by atoms with Crippen molar-refractivity contribution in [2.24, 2.45) is 0 Å². The molecule has 8 nitrogen and oxygen atoms in total. The van der Waals surface area contributed by atoms with Crippen molar-refractivity contribution in [3.8, 4) is 11.4 Å². The van der Waals surface area contributed by atoms with Crippen molar-refractivity contribution in [3.63, 3.8) is 0 Å². The molecule has 1 amide bonds. The summed E-state index contributed by atoms with van der Waals surface area (Å²) in [5, 5.41) is 18.0. The number of nitrogens with one attached hydrogen (secondary N) is 1. The van der Waals surface area contributed by atoms with Crippen molar-refractivity contribution < 1.29 is 14.5 Å². The van der Waals surface area contributed by atoms with Crippen LogP contribution < -0.4 is 10.1 Å². The monoisotopic (exact) mass is 378 g/mol. The fraction of sp³-hybridized carbons (Fsp3) is 0.100. The molecule has 0 bridgehead atoms. The summed E-state index contributed by atoms with van der Waals surface area (Å²) in [4.78, 5) is 22.9. The number of anilines is 1. The van der Waals surface area contributed by atoms with Crippen LogP contribution in [0, 0.1) is 17.0 Å². The molecule has 1 aromatic heterocycles. The highest BCUT2D eigenvalue weighted by Gasteiger charge is 2.14. The summed E-state index contributed by atoms with van der Waals surface area (Å²) in [7, 11) is 0. The van der Waals surface area contributed by atoms with Gasteiger partial charge in [-0.3, -0.25) is 14.9 Å². The summed E-state index contributed by atoms with van der Waals surface area (Å²) in [6.07, 6.45) is 1.64. The highest BCUT2D eigenvalue weighted by Crippen LogP contribution is 2.21. The second-order valence-electron chi connectivity index (χ2n) is 5.93. The normalized spacial score (nSPS) is 10.3. The summed E-state index contributed by atoms with van der Waals surface area (Å²) in [6, 6.07) is 14.4. The number of hydrogen-bond donors (Lipinski definition) is 1. The van der Waals surface area contributed by atoms with Crippen LogP contribution in [0.2, 0.25) is 0 Å².